The van der Waals surface area contributed by atoms with Gasteiger partial charge in [-0.1, -0.05) is 11.6 Å². The molecule has 25 heavy (non-hydrogen) atoms. The molecule has 7 heteroatoms. The second kappa shape index (κ2) is 5.56. The van der Waals surface area contributed by atoms with E-state index in [4.69, 9.17) is 17.3 Å². The molecule has 1 aliphatic heterocycles. The Morgan fingerprint density at radius 2 is 2.20 bits per heavy atom. The molecule has 0 aromatic carbocycles. The van der Waals surface area contributed by atoms with Gasteiger partial charge in [-0.25, -0.2) is 4.52 Å². The van der Waals surface area contributed by atoms with Gasteiger partial charge in [-0.05, 0) is 55.0 Å². The number of amides is 1. The molecular formula is C18H17ClN4OS. The number of nitrogens with two attached hydrogens (primary N) is 1. The minimum atomic E-state index is -0.532. The van der Waals surface area contributed by atoms with Gasteiger partial charge < -0.3 is 11.1 Å². The standard InChI is InChI=1S/C18H17ClN4OS/c19-11-8-14(18(20)24)23-13(11)4-3-12(22-23)16-7-10-15(25-16)5-6-21-17(10)9-1-2-9/h3-4,7-9,17,21H,1-2,5-6H2,(H2,20,24). The van der Waals surface area contributed by atoms with Gasteiger partial charge in [0.1, 0.15) is 11.4 Å². The molecule has 0 bridgehead atoms. The van der Waals surface area contributed by atoms with E-state index in [1.165, 1.54) is 23.3 Å². The first-order chi connectivity index (χ1) is 12.1. The van der Waals surface area contributed by atoms with Gasteiger partial charge in [-0.3, -0.25) is 4.79 Å². The number of nitrogens with one attached hydrogen (secondary N) is 1. The van der Waals surface area contributed by atoms with Crippen LogP contribution in [0.1, 0.15) is 39.8 Å². The number of carbonyl (C=O) groups is 1. The molecule has 0 saturated heterocycles. The molecule has 1 atom stereocenters. The maximum atomic E-state index is 11.7. The van der Waals surface area contributed by atoms with Gasteiger partial charge >= 0.3 is 0 Å². The van der Waals surface area contributed by atoms with E-state index in [-0.39, 0.29) is 0 Å². The first kappa shape index (κ1) is 15.4. The van der Waals surface area contributed by atoms with E-state index >= 15 is 0 Å². The highest BCUT2D eigenvalue weighted by Crippen LogP contribution is 2.46. The van der Waals surface area contributed by atoms with Gasteiger partial charge in [-0.15, -0.1) is 11.3 Å². The van der Waals surface area contributed by atoms with Gasteiger partial charge in [0.2, 0.25) is 0 Å². The third-order valence-corrected chi connectivity index (χ3v) is 6.60. The highest BCUT2D eigenvalue weighted by molar-refractivity contribution is 7.15. The van der Waals surface area contributed by atoms with Crippen molar-refractivity contribution in [2.45, 2.75) is 25.3 Å². The van der Waals surface area contributed by atoms with Crippen molar-refractivity contribution < 1.29 is 4.79 Å². The third kappa shape index (κ3) is 2.47. The quantitative estimate of drug-likeness (QED) is 0.740. The zero-order valence-corrected chi connectivity index (χ0v) is 15.0. The zero-order chi connectivity index (χ0) is 17.1. The van der Waals surface area contributed by atoms with Crippen LogP contribution in [0.2, 0.25) is 5.02 Å². The van der Waals surface area contributed by atoms with E-state index in [1.54, 1.807) is 21.9 Å². The topological polar surface area (TPSA) is 72.4 Å². The van der Waals surface area contributed by atoms with E-state index < -0.39 is 5.91 Å². The molecule has 0 spiro atoms. The van der Waals surface area contributed by atoms with Crippen LogP contribution >= 0.6 is 22.9 Å². The van der Waals surface area contributed by atoms with Crippen molar-refractivity contribution in [2.75, 3.05) is 6.54 Å². The maximum absolute atomic E-state index is 11.7. The smallest absolute Gasteiger partial charge is 0.267 e. The Labute approximate surface area is 153 Å². The SMILES string of the molecule is NC(=O)c1cc(Cl)c2ccc(-c3cc4c(s3)CCNC4C3CC3)nn12. The van der Waals surface area contributed by atoms with Crippen LogP contribution in [0.4, 0.5) is 0 Å². The molecule has 2 aliphatic rings. The minimum Gasteiger partial charge on any atom is -0.364 e. The van der Waals surface area contributed by atoms with Crippen LogP contribution in [-0.4, -0.2) is 22.1 Å². The molecular weight excluding hydrogens is 356 g/mol. The summed E-state index contributed by atoms with van der Waals surface area (Å²) in [4.78, 5) is 14.2. The largest absolute Gasteiger partial charge is 0.364 e. The van der Waals surface area contributed by atoms with Crippen molar-refractivity contribution in [1.82, 2.24) is 14.9 Å². The second-order valence-corrected chi connectivity index (χ2v) is 8.31. The Morgan fingerprint density at radius 3 is 2.96 bits per heavy atom. The lowest BCUT2D eigenvalue weighted by Crippen LogP contribution is -2.29. The highest BCUT2D eigenvalue weighted by Gasteiger charge is 2.36. The fourth-order valence-corrected chi connectivity index (χ4v) is 5.10. The van der Waals surface area contributed by atoms with Crippen LogP contribution in [0, 0.1) is 5.92 Å². The van der Waals surface area contributed by atoms with E-state index in [0.29, 0.717) is 22.3 Å². The first-order valence-electron chi connectivity index (χ1n) is 8.46. The number of thiophene rings is 1. The summed E-state index contributed by atoms with van der Waals surface area (Å²) >= 11 is 7.99. The number of aromatic nitrogens is 2. The zero-order valence-electron chi connectivity index (χ0n) is 13.5. The maximum Gasteiger partial charge on any atom is 0.267 e. The monoisotopic (exact) mass is 372 g/mol. The molecule has 1 fully saturated rings. The number of carbonyl (C=O) groups excluding carboxylic acids is 1. The number of nitrogens with zero attached hydrogens (tertiary/aromatic N) is 2. The van der Waals surface area contributed by atoms with Crippen LogP contribution in [0.15, 0.2) is 24.3 Å². The number of halogens is 1. The fraction of sp³-hybridized carbons (Fsp3) is 0.333. The molecule has 4 heterocycles. The molecule has 3 aromatic heterocycles. The van der Waals surface area contributed by atoms with Crippen molar-refractivity contribution in [3.63, 3.8) is 0 Å². The first-order valence-corrected chi connectivity index (χ1v) is 9.65. The molecule has 1 saturated carbocycles. The summed E-state index contributed by atoms with van der Waals surface area (Å²) in [6.07, 6.45) is 3.69. The predicted molar refractivity (Wildman–Crippen MR) is 99.2 cm³/mol. The van der Waals surface area contributed by atoms with Gasteiger partial charge in [0.05, 0.1) is 15.4 Å². The molecule has 1 amide bonds. The van der Waals surface area contributed by atoms with Gasteiger partial charge in [0.15, 0.2) is 0 Å². The molecule has 0 radical (unpaired) electrons. The van der Waals surface area contributed by atoms with Crippen LogP contribution in [0.5, 0.6) is 0 Å². The fourth-order valence-electron chi connectivity index (χ4n) is 3.68. The normalized spacial score (nSPS) is 20.0. The summed E-state index contributed by atoms with van der Waals surface area (Å²) in [5.74, 6) is 0.247. The highest BCUT2D eigenvalue weighted by atomic mass is 35.5. The van der Waals surface area contributed by atoms with Gasteiger partial charge in [0, 0.05) is 17.5 Å². The van der Waals surface area contributed by atoms with E-state index in [0.717, 1.165) is 29.5 Å². The van der Waals surface area contributed by atoms with Crippen molar-refractivity contribution in [3.8, 4) is 10.6 Å². The summed E-state index contributed by atoms with van der Waals surface area (Å²) in [6, 6.07) is 8.18. The molecule has 128 valence electrons. The number of hydrogen-bond acceptors (Lipinski definition) is 4. The van der Waals surface area contributed by atoms with Crippen LogP contribution in [0.3, 0.4) is 0 Å². The summed E-state index contributed by atoms with van der Waals surface area (Å²) in [6.45, 7) is 1.04. The number of fused-ring (bicyclic) bond motifs is 2. The van der Waals surface area contributed by atoms with Crippen molar-refractivity contribution >= 4 is 34.4 Å². The van der Waals surface area contributed by atoms with Crippen LogP contribution in [-0.2, 0) is 6.42 Å². The molecule has 3 N–H and O–H groups in total. The summed E-state index contributed by atoms with van der Waals surface area (Å²) in [7, 11) is 0. The van der Waals surface area contributed by atoms with Crippen molar-refractivity contribution in [2.24, 2.45) is 11.7 Å². The Bertz CT molecular complexity index is 1000. The number of rotatable bonds is 3. The Hall–Kier alpha value is -1.89. The molecule has 1 unspecified atom stereocenters. The minimum absolute atomic E-state index is 0.306. The Morgan fingerprint density at radius 1 is 1.36 bits per heavy atom. The van der Waals surface area contributed by atoms with Crippen molar-refractivity contribution in [1.29, 1.82) is 0 Å². The van der Waals surface area contributed by atoms with Crippen LogP contribution < -0.4 is 11.1 Å². The third-order valence-electron chi connectivity index (χ3n) is 5.06. The molecule has 5 rings (SSSR count). The average molecular weight is 373 g/mol. The predicted octanol–water partition coefficient (Wildman–Crippen LogP) is 3.41. The summed E-state index contributed by atoms with van der Waals surface area (Å²) in [5.41, 5.74) is 8.73. The van der Waals surface area contributed by atoms with E-state index in [2.05, 4.69) is 16.5 Å². The number of primary amides is 1. The Kier molecular flexibility index (Phi) is 3.42. The molecule has 3 aromatic rings. The van der Waals surface area contributed by atoms with Gasteiger partial charge in [0.25, 0.3) is 5.91 Å². The van der Waals surface area contributed by atoms with E-state index in [9.17, 15) is 4.79 Å². The van der Waals surface area contributed by atoms with Gasteiger partial charge in [-0.2, -0.15) is 5.10 Å². The molecule has 5 nitrogen and oxygen atoms in total. The number of hydrogen-bond donors (Lipinski definition) is 2. The summed E-state index contributed by atoms with van der Waals surface area (Å²) < 4.78 is 1.55. The average Bonchev–Trinajstić information content (AvgIpc) is 3.26. The lowest BCUT2D eigenvalue weighted by molar-refractivity contribution is 0.0994. The Balaban J connectivity index is 1.62. The second-order valence-electron chi connectivity index (χ2n) is 6.77. The lowest BCUT2D eigenvalue weighted by atomic mass is 9.98. The molecule has 1 aliphatic carbocycles. The van der Waals surface area contributed by atoms with E-state index in [1.807, 2.05) is 12.1 Å². The van der Waals surface area contributed by atoms with Crippen molar-refractivity contribution in [3.05, 3.63) is 45.4 Å². The van der Waals surface area contributed by atoms with Crippen LogP contribution in [0.25, 0.3) is 16.1 Å². The lowest BCUT2D eigenvalue weighted by Gasteiger charge is -2.23. The summed E-state index contributed by atoms with van der Waals surface area (Å²) in [5, 5.41) is 8.78.